The van der Waals surface area contributed by atoms with Crippen LogP contribution < -0.4 is 17.0 Å². The van der Waals surface area contributed by atoms with Crippen LogP contribution in [-0.2, 0) is 6.42 Å². The van der Waals surface area contributed by atoms with Crippen molar-refractivity contribution in [2.75, 3.05) is 12.3 Å². The smallest absolute Gasteiger partial charge is 0.259 e. The summed E-state index contributed by atoms with van der Waals surface area (Å²) in [5.74, 6) is 0.257. The van der Waals surface area contributed by atoms with Gasteiger partial charge in [-0.1, -0.05) is 0 Å². The molecule has 2 heterocycles. The number of pyridine rings is 2. The van der Waals surface area contributed by atoms with E-state index >= 15 is 0 Å². The predicted octanol–water partition coefficient (Wildman–Crippen LogP) is 0.00650. The number of rotatable bonds is 2. The van der Waals surface area contributed by atoms with Crippen molar-refractivity contribution in [3.8, 4) is 0 Å². The first-order valence-corrected chi connectivity index (χ1v) is 4.69. The molecule has 0 saturated heterocycles. The standard InChI is InChI=1S/C10H12N4O/c11-3-1-7-5-6-2-4-13-9(12)8(6)10(15)14-7/h2,4-5H,1,3,11H2,(H2,12,13)(H,14,15). The molecule has 0 spiro atoms. The molecule has 0 bridgehead atoms. The van der Waals surface area contributed by atoms with Crippen LogP contribution in [0.1, 0.15) is 5.69 Å². The van der Waals surface area contributed by atoms with Gasteiger partial charge >= 0.3 is 0 Å². The van der Waals surface area contributed by atoms with E-state index in [0.717, 1.165) is 11.1 Å². The van der Waals surface area contributed by atoms with Crippen LogP contribution >= 0.6 is 0 Å². The Morgan fingerprint density at radius 3 is 3.00 bits per heavy atom. The van der Waals surface area contributed by atoms with Gasteiger partial charge in [-0.2, -0.15) is 0 Å². The van der Waals surface area contributed by atoms with Crippen molar-refractivity contribution in [3.05, 3.63) is 34.4 Å². The van der Waals surface area contributed by atoms with Crippen molar-refractivity contribution in [1.29, 1.82) is 0 Å². The van der Waals surface area contributed by atoms with Gasteiger partial charge in [0, 0.05) is 11.9 Å². The highest BCUT2D eigenvalue weighted by Crippen LogP contribution is 2.14. The molecule has 0 aliphatic carbocycles. The summed E-state index contributed by atoms with van der Waals surface area (Å²) < 4.78 is 0. The molecule has 0 amide bonds. The fraction of sp³-hybridized carbons (Fsp3) is 0.200. The predicted molar refractivity (Wildman–Crippen MR) is 59.5 cm³/mol. The van der Waals surface area contributed by atoms with Crippen molar-refractivity contribution in [3.63, 3.8) is 0 Å². The minimum atomic E-state index is -0.207. The van der Waals surface area contributed by atoms with Crippen molar-refractivity contribution in [2.45, 2.75) is 6.42 Å². The van der Waals surface area contributed by atoms with Gasteiger partial charge in [0.15, 0.2) is 0 Å². The van der Waals surface area contributed by atoms with E-state index in [-0.39, 0.29) is 11.4 Å². The first-order valence-electron chi connectivity index (χ1n) is 4.69. The SMILES string of the molecule is NCCc1cc2ccnc(N)c2c(=O)[nH]1. The number of nitrogen functional groups attached to an aromatic ring is 1. The molecule has 2 aromatic rings. The second kappa shape index (κ2) is 3.70. The zero-order valence-corrected chi connectivity index (χ0v) is 8.16. The highest BCUT2D eigenvalue weighted by Gasteiger charge is 2.05. The van der Waals surface area contributed by atoms with Gasteiger partial charge in [-0.3, -0.25) is 4.79 Å². The lowest BCUT2D eigenvalue weighted by Gasteiger charge is -2.03. The number of nitrogens with two attached hydrogens (primary N) is 2. The fourth-order valence-electron chi connectivity index (χ4n) is 1.58. The molecule has 0 saturated carbocycles. The minimum Gasteiger partial charge on any atom is -0.383 e. The van der Waals surface area contributed by atoms with Crippen LogP contribution in [0.2, 0.25) is 0 Å². The summed E-state index contributed by atoms with van der Waals surface area (Å²) in [6, 6.07) is 3.64. The van der Waals surface area contributed by atoms with Crippen molar-refractivity contribution in [1.82, 2.24) is 9.97 Å². The third-order valence-electron chi connectivity index (χ3n) is 2.26. The van der Waals surface area contributed by atoms with Crippen LogP contribution in [0.15, 0.2) is 23.1 Å². The monoisotopic (exact) mass is 204 g/mol. The number of nitrogens with one attached hydrogen (secondary N) is 1. The van der Waals surface area contributed by atoms with Crippen LogP contribution in [0.5, 0.6) is 0 Å². The van der Waals surface area contributed by atoms with Crippen molar-refractivity contribution in [2.24, 2.45) is 5.73 Å². The summed E-state index contributed by atoms with van der Waals surface area (Å²) in [6.45, 7) is 0.502. The Labute approximate surface area is 86.1 Å². The number of hydrogen-bond acceptors (Lipinski definition) is 4. The Morgan fingerprint density at radius 2 is 2.27 bits per heavy atom. The van der Waals surface area contributed by atoms with Crippen LogP contribution in [0, 0.1) is 0 Å². The lowest BCUT2D eigenvalue weighted by Crippen LogP contribution is -2.14. The van der Waals surface area contributed by atoms with Gasteiger partial charge < -0.3 is 16.5 Å². The zero-order chi connectivity index (χ0) is 10.8. The Bertz CT molecular complexity index is 547. The number of aromatic nitrogens is 2. The highest BCUT2D eigenvalue weighted by molar-refractivity contribution is 5.89. The van der Waals surface area contributed by atoms with E-state index in [2.05, 4.69) is 9.97 Å². The van der Waals surface area contributed by atoms with Gasteiger partial charge in [-0.15, -0.1) is 0 Å². The van der Waals surface area contributed by atoms with E-state index in [1.165, 1.54) is 0 Å². The van der Waals surface area contributed by atoms with Crippen molar-refractivity contribution < 1.29 is 0 Å². The maximum absolute atomic E-state index is 11.7. The summed E-state index contributed by atoms with van der Waals surface area (Å²) in [4.78, 5) is 18.3. The average Bonchev–Trinajstić information content (AvgIpc) is 2.17. The van der Waals surface area contributed by atoms with Gasteiger partial charge in [0.2, 0.25) is 0 Å². The molecule has 78 valence electrons. The molecular formula is C10H12N4O. The van der Waals surface area contributed by atoms with Gasteiger partial charge in [-0.25, -0.2) is 4.98 Å². The first-order chi connectivity index (χ1) is 7.22. The minimum absolute atomic E-state index is 0.207. The summed E-state index contributed by atoms with van der Waals surface area (Å²) in [7, 11) is 0. The van der Waals surface area contributed by atoms with Crippen LogP contribution in [-0.4, -0.2) is 16.5 Å². The Kier molecular flexibility index (Phi) is 2.39. The van der Waals surface area contributed by atoms with Crippen LogP contribution in [0.25, 0.3) is 10.8 Å². The highest BCUT2D eigenvalue weighted by atomic mass is 16.1. The molecule has 0 unspecified atom stereocenters. The normalized spacial score (nSPS) is 10.7. The molecule has 15 heavy (non-hydrogen) atoms. The topological polar surface area (TPSA) is 97.8 Å². The molecule has 5 heteroatoms. The second-order valence-electron chi connectivity index (χ2n) is 3.32. The molecule has 0 aliphatic rings. The van der Waals surface area contributed by atoms with Gasteiger partial charge in [-0.05, 0) is 30.5 Å². The molecule has 2 aromatic heterocycles. The van der Waals surface area contributed by atoms with E-state index in [1.807, 2.05) is 6.07 Å². The molecule has 0 aliphatic heterocycles. The third kappa shape index (κ3) is 1.69. The van der Waals surface area contributed by atoms with Crippen molar-refractivity contribution >= 4 is 16.6 Å². The zero-order valence-electron chi connectivity index (χ0n) is 8.16. The largest absolute Gasteiger partial charge is 0.383 e. The lowest BCUT2D eigenvalue weighted by atomic mass is 10.1. The summed E-state index contributed by atoms with van der Waals surface area (Å²) in [5.41, 5.74) is 11.7. The van der Waals surface area contributed by atoms with Gasteiger partial charge in [0.05, 0.1) is 5.39 Å². The first kappa shape index (κ1) is 9.67. The third-order valence-corrected chi connectivity index (χ3v) is 2.26. The van der Waals surface area contributed by atoms with E-state index in [9.17, 15) is 4.79 Å². The Balaban J connectivity index is 2.73. The molecule has 0 radical (unpaired) electrons. The number of fused-ring (bicyclic) bond motifs is 1. The Hall–Kier alpha value is -1.88. The molecule has 0 atom stereocenters. The fourth-order valence-corrected chi connectivity index (χ4v) is 1.58. The number of hydrogen-bond donors (Lipinski definition) is 3. The molecule has 0 fully saturated rings. The van der Waals surface area contributed by atoms with E-state index in [4.69, 9.17) is 11.5 Å². The maximum Gasteiger partial charge on any atom is 0.259 e. The van der Waals surface area contributed by atoms with E-state index in [0.29, 0.717) is 18.4 Å². The number of nitrogens with zero attached hydrogens (tertiary/aromatic N) is 1. The quantitative estimate of drug-likeness (QED) is 0.641. The number of anilines is 1. The Morgan fingerprint density at radius 1 is 1.47 bits per heavy atom. The summed E-state index contributed by atoms with van der Waals surface area (Å²) in [6.07, 6.45) is 2.23. The summed E-state index contributed by atoms with van der Waals surface area (Å²) >= 11 is 0. The lowest BCUT2D eigenvalue weighted by molar-refractivity contribution is 0.919. The maximum atomic E-state index is 11.7. The van der Waals surface area contributed by atoms with E-state index < -0.39 is 0 Å². The molecule has 0 aromatic carbocycles. The molecular weight excluding hydrogens is 192 g/mol. The molecule has 5 nitrogen and oxygen atoms in total. The molecule has 2 rings (SSSR count). The van der Waals surface area contributed by atoms with E-state index in [1.54, 1.807) is 12.3 Å². The number of aromatic amines is 1. The average molecular weight is 204 g/mol. The summed E-state index contributed by atoms with van der Waals surface area (Å²) in [5, 5.41) is 1.24. The number of H-pyrrole nitrogens is 1. The van der Waals surface area contributed by atoms with Crippen LogP contribution in [0.4, 0.5) is 5.82 Å². The second-order valence-corrected chi connectivity index (χ2v) is 3.32. The molecule has 5 N–H and O–H groups in total. The van der Waals surface area contributed by atoms with Gasteiger partial charge in [0.25, 0.3) is 5.56 Å². The van der Waals surface area contributed by atoms with Crippen LogP contribution in [0.3, 0.4) is 0 Å². The van der Waals surface area contributed by atoms with Gasteiger partial charge in [0.1, 0.15) is 5.82 Å².